The van der Waals surface area contributed by atoms with Gasteiger partial charge in [-0.1, -0.05) is 5.21 Å². The van der Waals surface area contributed by atoms with Crippen molar-refractivity contribution in [3.8, 4) is 0 Å². The second kappa shape index (κ2) is 6.68. The first-order valence-electron chi connectivity index (χ1n) is 6.15. The van der Waals surface area contributed by atoms with Crippen LogP contribution in [0.3, 0.4) is 0 Å². The molecule has 0 radical (unpaired) electrons. The molecule has 1 fully saturated rings. The molecule has 1 saturated carbocycles. The summed E-state index contributed by atoms with van der Waals surface area (Å²) in [6, 6.07) is 0. The van der Waals surface area contributed by atoms with Crippen LogP contribution in [0.25, 0.3) is 0 Å². The Hall–Kier alpha value is -0.980. The number of nitrogens with zero attached hydrogens (tertiary/aromatic N) is 3. The van der Waals surface area contributed by atoms with E-state index in [1.807, 2.05) is 6.20 Å². The third kappa shape index (κ3) is 5.25. The molecule has 1 aromatic heterocycles. The van der Waals surface area contributed by atoms with Gasteiger partial charge in [-0.2, -0.15) is 0 Å². The maximum atomic E-state index is 9.62. The summed E-state index contributed by atoms with van der Waals surface area (Å²) in [7, 11) is 0. The molecule has 1 aromatic rings. The van der Waals surface area contributed by atoms with Crippen LogP contribution in [0.1, 0.15) is 12.8 Å². The van der Waals surface area contributed by atoms with Crippen LogP contribution in [-0.4, -0.2) is 52.5 Å². The van der Waals surface area contributed by atoms with Crippen molar-refractivity contribution >= 4 is 0 Å². The van der Waals surface area contributed by atoms with Gasteiger partial charge < -0.3 is 15.2 Å². The first kappa shape index (κ1) is 12.5. The fourth-order valence-corrected chi connectivity index (χ4v) is 1.53. The molecule has 1 aliphatic rings. The van der Waals surface area contributed by atoms with Gasteiger partial charge in [0.25, 0.3) is 0 Å². The van der Waals surface area contributed by atoms with Gasteiger partial charge in [-0.25, -0.2) is 0 Å². The predicted molar refractivity (Wildman–Crippen MR) is 62.4 cm³/mol. The maximum Gasteiger partial charge on any atom is 0.0897 e. The maximum absolute atomic E-state index is 9.62. The zero-order valence-electron chi connectivity index (χ0n) is 9.96. The lowest BCUT2D eigenvalue weighted by Crippen LogP contribution is -2.32. The Morgan fingerprint density at radius 3 is 3.12 bits per heavy atom. The normalized spacial score (nSPS) is 17.2. The van der Waals surface area contributed by atoms with E-state index >= 15 is 0 Å². The van der Waals surface area contributed by atoms with Gasteiger partial charge in [0.05, 0.1) is 25.5 Å². The summed E-state index contributed by atoms with van der Waals surface area (Å²) in [6.45, 7) is 3.31. The van der Waals surface area contributed by atoms with Crippen molar-refractivity contribution in [1.29, 1.82) is 0 Å². The number of aliphatic hydroxyl groups is 1. The molecule has 2 N–H and O–H groups in total. The monoisotopic (exact) mass is 240 g/mol. The van der Waals surface area contributed by atoms with E-state index in [2.05, 4.69) is 15.6 Å². The fraction of sp³-hybridized carbons (Fsp3) is 0.818. The molecule has 1 heterocycles. The molecule has 1 atom stereocenters. The van der Waals surface area contributed by atoms with Gasteiger partial charge in [0.15, 0.2) is 0 Å². The number of nitrogens with one attached hydrogen (secondary N) is 1. The van der Waals surface area contributed by atoms with Crippen molar-refractivity contribution in [2.45, 2.75) is 25.5 Å². The molecule has 1 aliphatic carbocycles. The van der Waals surface area contributed by atoms with Crippen molar-refractivity contribution in [2.24, 2.45) is 5.92 Å². The molecule has 0 amide bonds. The van der Waals surface area contributed by atoms with Crippen molar-refractivity contribution in [2.75, 3.05) is 26.3 Å². The van der Waals surface area contributed by atoms with Crippen LogP contribution in [-0.2, 0) is 11.3 Å². The first-order valence-corrected chi connectivity index (χ1v) is 6.15. The lowest BCUT2D eigenvalue weighted by Gasteiger charge is -2.12. The van der Waals surface area contributed by atoms with Gasteiger partial charge in [0, 0.05) is 25.9 Å². The fourth-order valence-electron chi connectivity index (χ4n) is 1.53. The van der Waals surface area contributed by atoms with E-state index in [0.29, 0.717) is 13.2 Å². The van der Waals surface area contributed by atoms with E-state index in [9.17, 15) is 5.11 Å². The quantitative estimate of drug-likeness (QED) is 0.578. The summed E-state index contributed by atoms with van der Waals surface area (Å²) >= 11 is 0. The Labute approximate surface area is 101 Å². The highest BCUT2D eigenvalue weighted by atomic mass is 16.5. The summed E-state index contributed by atoms with van der Waals surface area (Å²) in [5.74, 6) is 0.752. The second-order valence-corrected chi connectivity index (χ2v) is 4.50. The molecule has 0 spiro atoms. The van der Waals surface area contributed by atoms with E-state index in [0.717, 1.165) is 25.6 Å². The molecule has 17 heavy (non-hydrogen) atoms. The van der Waals surface area contributed by atoms with Gasteiger partial charge in [0.1, 0.15) is 0 Å². The highest BCUT2D eigenvalue weighted by Crippen LogP contribution is 2.28. The van der Waals surface area contributed by atoms with E-state index in [4.69, 9.17) is 4.74 Å². The lowest BCUT2D eigenvalue weighted by molar-refractivity contribution is 0.0325. The molecule has 6 nitrogen and oxygen atoms in total. The van der Waals surface area contributed by atoms with Crippen LogP contribution >= 0.6 is 0 Å². The summed E-state index contributed by atoms with van der Waals surface area (Å²) in [5.41, 5.74) is 0. The topological polar surface area (TPSA) is 72.2 Å². The summed E-state index contributed by atoms with van der Waals surface area (Å²) < 4.78 is 7.16. The molecule has 0 saturated heterocycles. The second-order valence-electron chi connectivity index (χ2n) is 4.50. The van der Waals surface area contributed by atoms with Crippen LogP contribution in [0.4, 0.5) is 0 Å². The van der Waals surface area contributed by atoms with Crippen LogP contribution < -0.4 is 5.32 Å². The molecular formula is C11H20N4O2. The van der Waals surface area contributed by atoms with Crippen LogP contribution in [0.5, 0.6) is 0 Å². The molecule has 0 aliphatic heterocycles. The van der Waals surface area contributed by atoms with Crippen LogP contribution in [0, 0.1) is 5.92 Å². The van der Waals surface area contributed by atoms with E-state index in [1.54, 1.807) is 10.9 Å². The minimum Gasteiger partial charge on any atom is -0.389 e. The molecule has 2 rings (SSSR count). The lowest BCUT2D eigenvalue weighted by atomic mass is 10.3. The Balaban J connectivity index is 1.43. The zero-order valence-corrected chi connectivity index (χ0v) is 9.96. The Kier molecular flexibility index (Phi) is 4.90. The van der Waals surface area contributed by atoms with Gasteiger partial charge in [-0.05, 0) is 18.8 Å². The van der Waals surface area contributed by atoms with Crippen LogP contribution in [0.2, 0.25) is 0 Å². The van der Waals surface area contributed by atoms with Crippen molar-refractivity contribution in [3.63, 3.8) is 0 Å². The number of hydrogen-bond acceptors (Lipinski definition) is 5. The minimum atomic E-state index is -0.426. The molecule has 0 bridgehead atoms. The highest BCUT2D eigenvalue weighted by Gasteiger charge is 2.21. The molecular weight excluding hydrogens is 220 g/mol. The molecule has 1 unspecified atom stereocenters. The number of rotatable bonds is 9. The number of hydrogen-bond donors (Lipinski definition) is 2. The van der Waals surface area contributed by atoms with Gasteiger partial charge in [0.2, 0.25) is 0 Å². The SMILES string of the molecule is OC(CNCCn1ccnn1)COCC1CC1. The van der Waals surface area contributed by atoms with E-state index in [1.165, 1.54) is 12.8 Å². The number of ether oxygens (including phenoxy) is 1. The average Bonchev–Trinajstić information content (AvgIpc) is 3.00. The van der Waals surface area contributed by atoms with Crippen LogP contribution in [0.15, 0.2) is 12.4 Å². The van der Waals surface area contributed by atoms with Crippen molar-refractivity contribution in [3.05, 3.63) is 12.4 Å². The Morgan fingerprint density at radius 2 is 2.41 bits per heavy atom. The summed E-state index contributed by atoms with van der Waals surface area (Å²) in [5, 5.41) is 20.3. The third-order valence-electron chi connectivity index (χ3n) is 2.73. The average molecular weight is 240 g/mol. The largest absolute Gasteiger partial charge is 0.389 e. The van der Waals surface area contributed by atoms with Gasteiger partial charge in [-0.15, -0.1) is 5.10 Å². The predicted octanol–water partition coefficient (Wildman–Crippen LogP) is -0.345. The van der Waals surface area contributed by atoms with Crippen molar-refractivity contribution < 1.29 is 9.84 Å². The molecule has 96 valence electrons. The van der Waals surface area contributed by atoms with Crippen molar-refractivity contribution in [1.82, 2.24) is 20.3 Å². The van der Waals surface area contributed by atoms with E-state index < -0.39 is 6.10 Å². The Bertz CT molecular complexity index is 300. The highest BCUT2D eigenvalue weighted by molar-refractivity contribution is 4.72. The standard InChI is InChI=1S/C11H20N4O2/c16-11(9-17-8-10-1-2-10)7-12-3-5-15-6-4-13-14-15/h4,6,10-12,16H,1-3,5,7-9H2. The van der Waals surface area contributed by atoms with Gasteiger partial charge >= 0.3 is 0 Å². The molecule has 6 heteroatoms. The minimum absolute atomic E-state index is 0.423. The Morgan fingerprint density at radius 1 is 1.53 bits per heavy atom. The number of aliphatic hydroxyl groups excluding tert-OH is 1. The van der Waals surface area contributed by atoms with Gasteiger partial charge in [-0.3, -0.25) is 4.68 Å². The zero-order chi connectivity index (χ0) is 11.9. The van der Waals surface area contributed by atoms with E-state index in [-0.39, 0.29) is 0 Å². The smallest absolute Gasteiger partial charge is 0.0897 e. The first-order chi connectivity index (χ1) is 8.34. The number of aromatic nitrogens is 3. The summed E-state index contributed by atoms with van der Waals surface area (Å²) in [4.78, 5) is 0. The summed E-state index contributed by atoms with van der Waals surface area (Å²) in [6.07, 6.45) is 5.61. The third-order valence-corrected chi connectivity index (χ3v) is 2.73. The molecule has 0 aromatic carbocycles.